The maximum absolute atomic E-state index is 11.5. The van der Waals surface area contributed by atoms with Crippen LogP contribution in [-0.2, 0) is 14.2 Å². The molecule has 0 aromatic carbocycles. The number of alkyl halides is 1. The Bertz CT molecular complexity index is 70.0. The van der Waals surface area contributed by atoms with Crippen molar-refractivity contribution in [3.05, 3.63) is 0 Å². The number of hydrogen-bond donors (Lipinski definition) is 0. The van der Waals surface area contributed by atoms with Crippen LogP contribution < -0.4 is 0 Å². The second kappa shape index (κ2) is 6.92. The number of halogens is 1. The molecule has 0 aliphatic carbocycles. The van der Waals surface area contributed by atoms with Gasteiger partial charge in [0.2, 0.25) is 0 Å². The fourth-order valence-electron chi connectivity index (χ4n) is 0.496. The molecule has 0 aliphatic heterocycles. The monoisotopic (exact) mass is 152 g/mol. The van der Waals surface area contributed by atoms with Crippen molar-refractivity contribution in [2.24, 2.45) is 0 Å². The summed E-state index contributed by atoms with van der Waals surface area (Å²) in [6, 6.07) is 0. The molecule has 4 heteroatoms. The predicted octanol–water partition coefficient (Wildman–Crippen LogP) is 0.591. The van der Waals surface area contributed by atoms with Crippen LogP contribution in [0.15, 0.2) is 0 Å². The summed E-state index contributed by atoms with van der Waals surface area (Å²) in [5, 5.41) is 0. The molecule has 1 atom stereocenters. The Morgan fingerprint density at radius 3 is 2.50 bits per heavy atom. The maximum Gasteiger partial charge on any atom is 0.180 e. The first kappa shape index (κ1) is 9.81. The SMILES string of the molecule is COCC(OC)OCCF. The van der Waals surface area contributed by atoms with E-state index in [0.29, 0.717) is 6.61 Å². The Morgan fingerprint density at radius 2 is 2.10 bits per heavy atom. The molecular weight excluding hydrogens is 139 g/mol. The predicted molar refractivity (Wildman–Crippen MR) is 34.6 cm³/mol. The molecule has 1 unspecified atom stereocenters. The van der Waals surface area contributed by atoms with E-state index in [1.807, 2.05) is 0 Å². The molecule has 3 nitrogen and oxygen atoms in total. The van der Waals surface area contributed by atoms with Crippen molar-refractivity contribution in [1.82, 2.24) is 0 Å². The van der Waals surface area contributed by atoms with E-state index in [9.17, 15) is 4.39 Å². The quantitative estimate of drug-likeness (QED) is 0.521. The van der Waals surface area contributed by atoms with Crippen LogP contribution in [0.25, 0.3) is 0 Å². The van der Waals surface area contributed by atoms with Crippen molar-refractivity contribution in [1.29, 1.82) is 0 Å². The number of hydrogen-bond acceptors (Lipinski definition) is 3. The van der Waals surface area contributed by atoms with Crippen molar-refractivity contribution < 1.29 is 18.6 Å². The first-order chi connectivity index (χ1) is 4.85. The van der Waals surface area contributed by atoms with E-state index in [1.54, 1.807) is 0 Å². The molecule has 0 heterocycles. The summed E-state index contributed by atoms with van der Waals surface area (Å²) in [6.45, 7) is -0.109. The summed E-state index contributed by atoms with van der Waals surface area (Å²) in [5.74, 6) is 0. The lowest BCUT2D eigenvalue weighted by atomic mass is 10.6. The fraction of sp³-hybridized carbons (Fsp3) is 1.00. The summed E-state index contributed by atoms with van der Waals surface area (Å²) in [4.78, 5) is 0. The summed E-state index contributed by atoms with van der Waals surface area (Å²) in [7, 11) is 3.02. The Balaban J connectivity index is 3.21. The third-order valence-electron chi connectivity index (χ3n) is 0.947. The topological polar surface area (TPSA) is 27.7 Å². The fourth-order valence-corrected chi connectivity index (χ4v) is 0.496. The Morgan fingerprint density at radius 1 is 1.40 bits per heavy atom. The summed E-state index contributed by atoms with van der Waals surface area (Å²) >= 11 is 0. The molecule has 0 rings (SSSR count). The highest BCUT2D eigenvalue weighted by atomic mass is 19.1. The first-order valence-electron chi connectivity index (χ1n) is 3.04. The highest BCUT2D eigenvalue weighted by molar-refractivity contribution is 4.38. The maximum atomic E-state index is 11.5. The van der Waals surface area contributed by atoms with Gasteiger partial charge in [0.15, 0.2) is 6.29 Å². The number of methoxy groups -OCH3 is 2. The molecule has 62 valence electrons. The zero-order valence-corrected chi connectivity index (χ0v) is 6.30. The summed E-state index contributed by atoms with van der Waals surface area (Å²) in [5.41, 5.74) is 0. The molecule has 0 aromatic rings. The van der Waals surface area contributed by atoms with Gasteiger partial charge >= 0.3 is 0 Å². The lowest BCUT2D eigenvalue weighted by Gasteiger charge is -2.13. The molecular formula is C6H13FO3. The van der Waals surface area contributed by atoms with Gasteiger partial charge in [0.05, 0.1) is 13.2 Å². The van der Waals surface area contributed by atoms with Gasteiger partial charge < -0.3 is 14.2 Å². The van der Waals surface area contributed by atoms with Gasteiger partial charge in [0.25, 0.3) is 0 Å². The minimum absolute atomic E-state index is 0.0574. The van der Waals surface area contributed by atoms with E-state index < -0.39 is 13.0 Å². The van der Waals surface area contributed by atoms with Crippen molar-refractivity contribution in [3.63, 3.8) is 0 Å². The van der Waals surface area contributed by atoms with Crippen molar-refractivity contribution >= 4 is 0 Å². The Kier molecular flexibility index (Phi) is 6.79. The van der Waals surface area contributed by atoms with Crippen LogP contribution in [0.1, 0.15) is 0 Å². The van der Waals surface area contributed by atoms with Crippen molar-refractivity contribution in [2.75, 3.05) is 34.1 Å². The van der Waals surface area contributed by atoms with E-state index in [1.165, 1.54) is 14.2 Å². The third-order valence-corrected chi connectivity index (χ3v) is 0.947. The van der Waals surface area contributed by atoms with Gasteiger partial charge in [0, 0.05) is 14.2 Å². The van der Waals surface area contributed by atoms with Crippen LogP contribution in [0.3, 0.4) is 0 Å². The lowest BCUT2D eigenvalue weighted by molar-refractivity contribution is -0.153. The molecule has 0 spiro atoms. The smallest absolute Gasteiger partial charge is 0.180 e. The molecule has 0 saturated heterocycles. The second-order valence-electron chi connectivity index (χ2n) is 1.68. The molecule has 0 N–H and O–H groups in total. The molecule has 0 aromatic heterocycles. The van der Waals surface area contributed by atoms with E-state index in [2.05, 4.69) is 0 Å². The lowest BCUT2D eigenvalue weighted by Crippen LogP contribution is -2.22. The van der Waals surface area contributed by atoms with Crippen molar-refractivity contribution in [3.8, 4) is 0 Å². The van der Waals surface area contributed by atoms with E-state index >= 15 is 0 Å². The standard InChI is InChI=1S/C6H13FO3/c1-8-5-6(9-2)10-4-3-7/h6H,3-5H2,1-2H3. The van der Waals surface area contributed by atoms with E-state index in [4.69, 9.17) is 14.2 Å². The average Bonchev–Trinajstić information content (AvgIpc) is 1.98. The molecule has 0 amide bonds. The average molecular weight is 152 g/mol. The third kappa shape index (κ3) is 4.67. The first-order valence-corrected chi connectivity index (χ1v) is 3.04. The molecule has 0 fully saturated rings. The van der Waals surface area contributed by atoms with E-state index in [-0.39, 0.29) is 6.61 Å². The second-order valence-corrected chi connectivity index (χ2v) is 1.68. The van der Waals surface area contributed by atoms with Crippen LogP contribution in [0, 0.1) is 0 Å². The Labute approximate surface area is 60.1 Å². The van der Waals surface area contributed by atoms with E-state index in [0.717, 1.165) is 0 Å². The van der Waals surface area contributed by atoms with Crippen LogP contribution in [0.2, 0.25) is 0 Å². The highest BCUT2D eigenvalue weighted by Crippen LogP contribution is 1.92. The van der Waals surface area contributed by atoms with Crippen LogP contribution >= 0.6 is 0 Å². The molecule has 0 bridgehead atoms. The minimum atomic E-state index is -0.496. The molecule has 10 heavy (non-hydrogen) atoms. The summed E-state index contributed by atoms with van der Waals surface area (Å²) < 4.78 is 25.9. The summed E-state index contributed by atoms with van der Waals surface area (Å²) in [6.07, 6.45) is -0.444. The van der Waals surface area contributed by atoms with Crippen LogP contribution in [-0.4, -0.2) is 40.4 Å². The van der Waals surface area contributed by atoms with Gasteiger partial charge in [0.1, 0.15) is 6.67 Å². The van der Waals surface area contributed by atoms with Crippen molar-refractivity contribution in [2.45, 2.75) is 6.29 Å². The number of rotatable bonds is 6. The Hall–Kier alpha value is -0.190. The normalized spacial score (nSPS) is 13.5. The van der Waals surface area contributed by atoms with Gasteiger partial charge in [-0.1, -0.05) is 0 Å². The molecule has 0 radical (unpaired) electrons. The molecule has 0 aliphatic rings. The van der Waals surface area contributed by atoms with Gasteiger partial charge in [-0.3, -0.25) is 0 Å². The van der Waals surface area contributed by atoms with Crippen LogP contribution in [0.4, 0.5) is 4.39 Å². The van der Waals surface area contributed by atoms with Gasteiger partial charge in [-0.2, -0.15) is 0 Å². The van der Waals surface area contributed by atoms with Gasteiger partial charge in [-0.05, 0) is 0 Å². The zero-order valence-electron chi connectivity index (χ0n) is 6.30. The van der Waals surface area contributed by atoms with Crippen LogP contribution in [0.5, 0.6) is 0 Å². The zero-order chi connectivity index (χ0) is 7.82. The van der Waals surface area contributed by atoms with Gasteiger partial charge in [-0.15, -0.1) is 0 Å². The largest absolute Gasteiger partial charge is 0.379 e. The minimum Gasteiger partial charge on any atom is -0.379 e. The number of ether oxygens (including phenoxy) is 3. The highest BCUT2D eigenvalue weighted by Gasteiger charge is 2.04. The molecule has 0 saturated carbocycles. The van der Waals surface area contributed by atoms with Gasteiger partial charge in [-0.25, -0.2) is 4.39 Å².